The van der Waals surface area contributed by atoms with Crippen molar-refractivity contribution in [2.45, 2.75) is 19.3 Å². The van der Waals surface area contributed by atoms with E-state index in [1.165, 1.54) is 30.8 Å². The summed E-state index contributed by atoms with van der Waals surface area (Å²) in [5, 5.41) is 0. The van der Waals surface area contributed by atoms with Gasteiger partial charge in [-0.25, -0.2) is 0 Å². The average molecular weight is 171 g/mol. The van der Waals surface area contributed by atoms with Gasteiger partial charge in [-0.3, -0.25) is 0 Å². The summed E-state index contributed by atoms with van der Waals surface area (Å²) in [6, 6.07) is 0. The van der Waals surface area contributed by atoms with Crippen molar-refractivity contribution in [3.63, 3.8) is 0 Å². The van der Waals surface area contributed by atoms with E-state index < -0.39 is 0 Å². The predicted octanol–water partition coefficient (Wildman–Crippen LogP) is 1.72. The Morgan fingerprint density at radius 2 is 2.09 bits per heavy atom. The van der Waals surface area contributed by atoms with Crippen LogP contribution in [0.15, 0.2) is 0 Å². The van der Waals surface area contributed by atoms with E-state index in [2.05, 4.69) is 11.8 Å². The minimum Gasteiger partial charge on any atom is -0.330 e. The second-order valence-electron chi connectivity index (χ2n) is 3.86. The van der Waals surface area contributed by atoms with Gasteiger partial charge in [-0.05, 0) is 55.1 Å². The summed E-state index contributed by atoms with van der Waals surface area (Å²) in [6.07, 6.45) is 4.43. The van der Waals surface area contributed by atoms with Crippen molar-refractivity contribution in [1.29, 1.82) is 0 Å². The molecule has 1 nitrogen and oxygen atoms in total. The zero-order valence-corrected chi connectivity index (χ0v) is 7.78. The molecule has 0 bridgehead atoms. The Labute approximate surface area is 73.1 Å². The molecule has 2 heteroatoms. The van der Waals surface area contributed by atoms with Crippen molar-refractivity contribution in [3.05, 3.63) is 0 Å². The van der Waals surface area contributed by atoms with Crippen LogP contribution in [-0.4, -0.2) is 18.1 Å². The highest BCUT2D eigenvalue weighted by atomic mass is 32.2. The Morgan fingerprint density at radius 3 is 2.73 bits per heavy atom. The van der Waals surface area contributed by atoms with E-state index in [9.17, 15) is 0 Å². The van der Waals surface area contributed by atoms with E-state index in [-0.39, 0.29) is 0 Å². The topological polar surface area (TPSA) is 26.0 Å². The van der Waals surface area contributed by atoms with Crippen molar-refractivity contribution < 1.29 is 0 Å². The largest absolute Gasteiger partial charge is 0.330 e. The van der Waals surface area contributed by atoms with Crippen LogP contribution in [0, 0.1) is 17.8 Å². The van der Waals surface area contributed by atoms with Crippen LogP contribution in [0.1, 0.15) is 19.3 Å². The first kappa shape index (κ1) is 7.93. The van der Waals surface area contributed by atoms with Crippen molar-refractivity contribution in [2.75, 3.05) is 18.1 Å². The summed E-state index contributed by atoms with van der Waals surface area (Å²) in [6.45, 7) is 0.925. The van der Waals surface area contributed by atoms with Crippen LogP contribution in [0.5, 0.6) is 0 Å². The maximum atomic E-state index is 5.75. The molecule has 2 rings (SSSR count). The minimum absolute atomic E-state index is 0.848. The Kier molecular flexibility index (Phi) is 2.42. The molecule has 1 aliphatic carbocycles. The Morgan fingerprint density at radius 1 is 1.27 bits per heavy atom. The second-order valence-corrected chi connectivity index (χ2v) is 5.01. The van der Waals surface area contributed by atoms with E-state index in [1.54, 1.807) is 0 Å². The first-order valence-electron chi connectivity index (χ1n) is 4.69. The minimum atomic E-state index is 0.848. The molecule has 2 atom stereocenters. The molecule has 11 heavy (non-hydrogen) atoms. The SMILES string of the molecule is NCC1CSCCC1C1CC1. The van der Waals surface area contributed by atoms with Gasteiger partial charge >= 0.3 is 0 Å². The Balaban J connectivity index is 1.91. The molecular weight excluding hydrogens is 154 g/mol. The third-order valence-electron chi connectivity index (χ3n) is 3.06. The Bertz CT molecular complexity index is 134. The predicted molar refractivity (Wildman–Crippen MR) is 50.7 cm³/mol. The van der Waals surface area contributed by atoms with E-state index in [0.717, 1.165) is 24.3 Å². The molecule has 0 spiro atoms. The molecular formula is C9H17NS. The molecule has 1 aliphatic heterocycles. The van der Waals surface area contributed by atoms with Gasteiger partial charge in [0.05, 0.1) is 0 Å². The Hall–Kier alpha value is 0.310. The molecule has 1 saturated heterocycles. The third kappa shape index (κ3) is 1.73. The lowest BCUT2D eigenvalue weighted by Crippen LogP contribution is -2.30. The number of rotatable bonds is 2. The fourth-order valence-corrected chi connectivity index (χ4v) is 3.49. The molecule has 2 aliphatic rings. The lowest BCUT2D eigenvalue weighted by atomic mass is 9.87. The van der Waals surface area contributed by atoms with E-state index in [0.29, 0.717) is 0 Å². The third-order valence-corrected chi connectivity index (χ3v) is 4.25. The molecule has 0 aromatic heterocycles. The van der Waals surface area contributed by atoms with Gasteiger partial charge < -0.3 is 5.73 Å². The van der Waals surface area contributed by atoms with Crippen molar-refractivity contribution in [2.24, 2.45) is 23.5 Å². The zero-order valence-electron chi connectivity index (χ0n) is 6.96. The molecule has 0 aromatic carbocycles. The molecule has 0 aromatic rings. The fraction of sp³-hybridized carbons (Fsp3) is 1.00. The number of nitrogens with two attached hydrogens (primary N) is 1. The molecule has 0 amide bonds. The van der Waals surface area contributed by atoms with Crippen LogP contribution in [-0.2, 0) is 0 Å². The van der Waals surface area contributed by atoms with Gasteiger partial charge in [0.25, 0.3) is 0 Å². The fourth-order valence-electron chi connectivity index (χ4n) is 2.20. The van der Waals surface area contributed by atoms with Gasteiger partial charge in [-0.1, -0.05) is 0 Å². The molecule has 2 fully saturated rings. The zero-order chi connectivity index (χ0) is 7.68. The van der Waals surface area contributed by atoms with Crippen LogP contribution in [0.4, 0.5) is 0 Å². The molecule has 2 N–H and O–H groups in total. The maximum absolute atomic E-state index is 5.75. The van der Waals surface area contributed by atoms with E-state index in [4.69, 9.17) is 5.73 Å². The molecule has 2 unspecified atom stereocenters. The monoisotopic (exact) mass is 171 g/mol. The summed E-state index contributed by atoms with van der Waals surface area (Å²) in [7, 11) is 0. The highest BCUT2D eigenvalue weighted by Crippen LogP contribution is 2.45. The lowest BCUT2D eigenvalue weighted by Gasteiger charge is -2.30. The summed E-state index contributed by atoms with van der Waals surface area (Å²) in [4.78, 5) is 0. The summed E-state index contributed by atoms with van der Waals surface area (Å²) in [5.41, 5.74) is 5.75. The summed E-state index contributed by atoms with van der Waals surface area (Å²) >= 11 is 2.10. The normalized spacial score (nSPS) is 39.0. The molecule has 64 valence electrons. The van der Waals surface area contributed by atoms with Gasteiger partial charge in [-0.15, -0.1) is 0 Å². The lowest BCUT2D eigenvalue weighted by molar-refractivity contribution is 0.313. The van der Waals surface area contributed by atoms with Gasteiger partial charge in [0.15, 0.2) is 0 Å². The first-order valence-corrected chi connectivity index (χ1v) is 5.85. The molecule has 1 saturated carbocycles. The number of hydrogen-bond donors (Lipinski definition) is 1. The van der Waals surface area contributed by atoms with E-state index in [1.807, 2.05) is 0 Å². The first-order chi connectivity index (χ1) is 5.42. The summed E-state index contributed by atoms with van der Waals surface area (Å²) < 4.78 is 0. The maximum Gasteiger partial charge on any atom is -0.00243 e. The summed E-state index contributed by atoms with van der Waals surface area (Å²) in [5.74, 6) is 5.64. The van der Waals surface area contributed by atoms with Crippen LogP contribution in [0.2, 0.25) is 0 Å². The highest BCUT2D eigenvalue weighted by Gasteiger charge is 2.37. The van der Waals surface area contributed by atoms with Crippen molar-refractivity contribution >= 4 is 11.8 Å². The quantitative estimate of drug-likeness (QED) is 0.684. The van der Waals surface area contributed by atoms with Gasteiger partial charge in [-0.2, -0.15) is 11.8 Å². The van der Waals surface area contributed by atoms with Gasteiger partial charge in [0, 0.05) is 0 Å². The molecule has 1 heterocycles. The van der Waals surface area contributed by atoms with Crippen LogP contribution in [0.25, 0.3) is 0 Å². The highest BCUT2D eigenvalue weighted by molar-refractivity contribution is 7.99. The van der Waals surface area contributed by atoms with Crippen LogP contribution >= 0.6 is 11.8 Å². The van der Waals surface area contributed by atoms with Gasteiger partial charge in [0.2, 0.25) is 0 Å². The number of thioether (sulfide) groups is 1. The smallest absolute Gasteiger partial charge is 0.00243 e. The van der Waals surface area contributed by atoms with Crippen LogP contribution in [0.3, 0.4) is 0 Å². The van der Waals surface area contributed by atoms with Crippen molar-refractivity contribution in [3.8, 4) is 0 Å². The van der Waals surface area contributed by atoms with Crippen molar-refractivity contribution in [1.82, 2.24) is 0 Å². The standard InChI is InChI=1S/C9H17NS/c10-5-8-6-11-4-3-9(8)7-1-2-7/h7-9H,1-6,10H2. The average Bonchev–Trinajstić information content (AvgIpc) is 2.87. The van der Waals surface area contributed by atoms with Crippen LogP contribution < -0.4 is 5.73 Å². The number of hydrogen-bond acceptors (Lipinski definition) is 2. The molecule has 0 radical (unpaired) electrons. The van der Waals surface area contributed by atoms with E-state index >= 15 is 0 Å². The second kappa shape index (κ2) is 3.36. The van der Waals surface area contributed by atoms with Gasteiger partial charge in [0.1, 0.15) is 0 Å².